The maximum Gasteiger partial charge on any atom is 0.134 e. The molecular weight excluding hydrogens is 296 g/mol. The van der Waals surface area contributed by atoms with E-state index in [1.807, 2.05) is 13.8 Å². The molecule has 2 nitrogen and oxygen atoms in total. The lowest BCUT2D eigenvalue weighted by atomic mass is 9.73. The summed E-state index contributed by atoms with van der Waals surface area (Å²) < 4.78 is 0. The first-order valence-electron chi connectivity index (χ1n) is 8.75. The van der Waals surface area contributed by atoms with Crippen LogP contribution >= 0.6 is 0 Å². The van der Waals surface area contributed by atoms with Gasteiger partial charge in [0.1, 0.15) is 11.6 Å². The number of carbonyl (C=O) groups excluding carboxylic acids is 2. The fourth-order valence-electron chi connectivity index (χ4n) is 3.64. The molecule has 1 saturated carbocycles. The van der Waals surface area contributed by atoms with Gasteiger partial charge in [-0.25, -0.2) is 0 Å². The Morgan fingerprint density at radius 1 is 0.792 bits per heavy atom. The Balaban J connectivity index is 0.000000308. The van der Waals surface area contributed by atoms with E-state index in [0.717, 1.165) is 12.8 Å². The van der Waals surface area contributed by atoms with Crippen LogP contribution in [0.5, 0.6) is 0 Å². The fraction of sp³-hybridized carbons (Fsp3) is 0.364. The largest absolute Gasteiger partial charge is 0.300 e. The summed E-state index contributed by atoms with van der Waals surface area (Å²) >= 11 is 0. The molecule has 2 atom stereocenters. The molecule has 0 amide bonds. The monoisotopic (exact) mass is 322 g/mol. The average Bonchev–Trinajstić information content (AvgIpc) is 2.98. The first-order valence-corrected chi connectivity index (χ1v) is 8.75. The number of rotatable bonds is 0. The van der Waals surface area contributed by atoms with Gasteiger partial charge in [0, 0.05) is 12.8 Å². The van der Waals surface area contributed by atoms with E-state index in [2.05, 4.69) is 48.5 Å². The van der Waals surface area contributed by atoms with E-state index in [1.165, 1.54) is 36.1 Å². The predicted octanol–water partition coefficient (Wildman–Crippen LogP) is 5.52. The molecule has 24 heavy (non-hydrogen) atoms. The first kappa shape index (κ1) is 18.1. The quantitative estimate of drug-likeness (QED) is 0.640. The molecule has 2 aliphatic carbocycles. The first-order chi connectivity index (χ1) is 11.6. The van der Waals surface area contributed by atoms with Gasteiger partial charge in [-0.1, -0.05) is 62.4 Å². The Bertz CT molecular complexity index is 671. The van der Waals surface area contributed by atoms with Crippen LogP contribution in [0.2, 0.25) is 0 Å². The van der Waals surface area contributed by atoms with Gasteiger partial charge in [0.2, 0.25) is 0 Å². The van der Waals surface area contributed by atoms with E-state index < -0.39 is 0 Å². The van der Waals surface area contributed by atoms with E-state index in [0.29, 0.717) is 17.6 Å². The Kier molecular flexibility index (Phi) is 6.08. The van der Waals surface area contributed by atoms with E-state index in [1.54, 1.807) is 0 Å². The maximum absolute atomic E-state index is 11.8. The van der Waals surface area contributed by atoms with Crippen molar-refractivity contribution >= 4 is 11.6 Å². The summed E-state index contributed by atoms with van der Waals surface area (Å²) in [5.41, 5.74) is 5.38. The molecule has 0 unspecified atom stereocenters. The van der Waals surface area contributed by atoms with Crippen molar-refractivity contribution in [1.82, 2.24) is 0 Å². The van der Waals surface area contributed by atoms with Crippen molar-refractivity contribution in [3.63, 3.8) is 0 Å². The number of fused-ring (bicyclic) bond motifs is 6. The molecule has 0 aromatic heterocycles. The van der Waals surface area contributed by atoms with Crippen molar-refractivity contribution in [2.24, 2.45) is 0 Å². The highest BCUT2D eigenvalue weighted by molar-refractivity contribution is 5.87. The minimum absolute atomic E-state index is 0.167. The molecule has 0 radical (unpaired) electrons. The third kappa shape index (κ3) is 3.64. The summed E-state index contributed by atoms with van der Waals surface area (Å²) in [5, 5.41) is 0. The highest BCUT2D eigenvalue weighted by atomic mass is 16.1. The van der Waals surface area contributed by atoms with Gasteiger partial charge in [-0.15, -0.1) is 0 Å². The van der Waals surface area contributed by atoms with E-state index >= 15 is 0 Å². The average molecular weight is 322 g/mol. The molecule has 1 fully saturated rings. The normalized spacial score (nSPS) is 19.6. The van der Waals surface area contributed by atoms with Crippen molar-refractivity contribution < 1.29 is 9.59 Å². The Morgan fingerprint density at radius 3 is 1.50 bits per heavy atom. The van der Waals surface area contributed by atoms with Gasteiger partial charge in [0.05, 0.1) is 0 Å². The second-order valence-corrected chi connectivity index (χ2v) is 6.24. The molecule has 0 heterocycles. The van der Waals surface area contributed by atoms with Crippen molar-refractivity contribution in [1.29, 1.82) is 0 Å². The lowest BCUT2D eigenvalue weighted by molar-refractivity contribution is -0.117. The van der Waals surface area contributed by atoms with Crippen molar-refractivity contribution in [3.8, 4) is 11.1 Å². The maximum atomic E-state index is 11.8. The standard InChI is InChI=1S/C17H14O.C3H6O.C2H6/c18-11-9-16-14-7-3-1-5-12(14)13-6-2-4-8-15(13)17(16)10-11;1-3(2)4;1-2/h1-8,16-17H,9-10H2;1-2H3;1-2H3/t16-,17+;;. The third-order valence-electron chi connectivity index (χ3n) is 4.39. The zero-order valence-electron chi connectivity index (χ0n) is 15.0. The summed E-state index contributed by atoms with van der Waals surface area (Å²) in [6.45, 7) is 7.06. The van der Waals surface area contributed by atoms with Crippen LogP contribution in [0.4, 0.5) is 0 Å². The lowest BCUT2D eigenvalue weighted by Gasteiger charge is -2.30. The Labute approximate surface area is 144 Å². The molecule has 2 aliphatic rings. The summed E-state index contributed by atoms with van der Waals surface area (Å²) in [4.78, 5) is 21.3. The molecule has 2 aromatic carbocycles. The number of Topliss-reactive ketones (excluding diaryl/α,β-unsaturated/α-hetero) is 2. The molecule has 0 saturated heterocycles. The lowest BCUT2D eigenvalue weighted by Crippen LogP contribution is -2.12. The van der Waals surface area contributed by atoms with Crippen LogP contribution in [0.25, 0.3) is 11.1 Å². The Morgan fingerprint density at radius 2 is 1.12 bits per heavy atom. The fourth-order valence-corrected chi connectivity index (χ4v) is 3.64. The number of carbonyl (C=O) groups is 2. The molecule has 4 rings (SSSR count). The van der Waals surface area contributed by atoms with E-state index in [-0.39, 0.29) is 5.78 Å². The van der Waals surface area contributed by atoms with Crippen LogP contribution in [0.1, 0.15) is 63.5 Å². The third-order valence-corrected chi connectivity index (χ3v) is 4.39. The van der Waals surface area contributed by atoms with Crippen molar-refractivity contribution in [2.45, 2.75) is 52.4 Å². The molecule has 0 bridgehead atoms. The number of hydrogen-bond donors (Lipinski definition) is 0. The molecule has 0 N–H and O–H groups in total. The van der Waals surface area contributed by atoms with Crippen molar-refractivity contribution in [3.05, 3.63) is 59.7 Å². The van der Waals surface area contributed by atoms with Crippen LogP contribution < -0.4 is 0 Å². The predicted molar refractivity (Wildman–Crippen MR) is 99.3 cm³/mol. The van der Waals surface area contributed by atoms with Crippen LogP contribution in [0.3, 0.4) is 0 Å². The van der Waals surface area contributed by atoms with Crippen LogP contribution in [0, 0.1) is 0 Å². The summed E-state index contributed by atoms with van der Waals surface area (Å²) in [7, 11) is 0. The number of ketones is 2. The summed E-state index contributed by atoms with van der Waals surface area (Å²) in [6.07, 6.45) is 1.44. The summed E-state index contributed by atoms with van der Waals surface area (Å²) in [6, 6.07) is 17.1. The zero-order chi connectivity index (χ0) is 17.7. The SMILES string of the molecule is CC.CC(C)=O.O=C1C[C@@H]2c3ccccc3-c3ccccc3[C@@H]2C1. The highest BCUT2D eigenvalue weighted by Gasteiger charge is 2.40. The van der Waals surface area contributed by atoms with Gasteiger partial charge in [-0.05, 0) is 47.9 Å². The minimum Gasteiger partial charge on any atom is -0.300 e. The smallest absolute Gasteiger partial charge is 0.134 e. The van der Waals surface area contributed by atoms with Gasteiger partial charge in [0.25, 0.3) is 0 Å². The highest BCUT2D eigenvalue weighted by Crippen LogP contribution is 2.53. The number of benzene rings is 2. The van der Waals surface area contributed by atoms with E-state index in [4.69, 9.17) is 0 Å². The van der Waals surface area contributed by atoms with Gasteiger partial charge < -0.3 is 4.79 Å². The van der Waals surface area contributed by atoms with Gasteiger partial charge in [-0.2, -0.15) is 0 Å². The second-order valence-electron chi connectivity index (χ2n) is 6.24. The van der Waals surface area contributed by atoms with Crippen molar-refractivity contribution in [2.75, 3.05) is 0 Å². The Hall–Kier alpha value is -2.22. The molecule has 2 heteroatoms. The van der Waals surface area contributed by atoms with Crippen LogP contribution in [0.15, 0.2) is 48.5 Å². The van der Waals surface area contributed by atoms with Gasteiger partial charge in [-0.3, -0.25) is 4.79 Å². The number of hydrogen-bond acceptors (Lipinski definition) is 2. The summed E-state index contributed by atoms with van der Waals surface area (Å²) in [5.74, 6) is 1.39. The van der Waals surface area contributed by atoms with Gasteiger partial charge in [0.15, 0.2) is 0 Å². The molecule has 0 aliphatic heterocycles. The second kappa shape index (κ2) is 8.05. The molecular formula is C22H26O2. The van der Waals surface area contributed by atoms with E-state index in [9.17, 15) is 9.59 Å². The molecule has 0 spiro atoms. The molecule has 2 aromatic rings. The van der Waals surface area contributed by atoms with Crippen LogP contribution in [-0.4, -0.2) is 11.6 Å². The topological polar surface area (TPSA) is 34.1 Å². The van der Waals surface area contributed by atoms with Gasteiger partial charge >= 0.3 is 0 Å². The molecule has 126 valence electrons. The minimum atomic E-state index is 0.167. The zero-order valence-corrected chi connectivity index (χ0v) is 15.0. The van der Waals surface area contributed by atoms with Crippen LogP contribution in [-0.2, 0) is 9.59 Å².